The van der Waals surface area contributed by atoms with E-state index in [0.29, 0.717) is 16.3 Å². The summed E-state index contributed by atoms with van der Waals surface area (Å²) in [7, 11) is 0. The van der Waals surface area contributed by atoms with Crippen LogP contribution in [0.3, 0.4) is 0 Å². The lowest BCUT2D eigenvalue weighted by molar-refractivity contribution is -0.122. The molecule has 7 rings (SSSR count). The van der Waals surface area contributed by atoms with Gasteiger partial charge in [-0.1, -0.05) is 84.4 Å². The van der Waals surface area contributed by atoms with Crippen LogP contribution in [0.2, 0.25) is 5.02 Å². The van der Waals surface area contributed by atoms with Gasteiger partial charge in [-0.3, -0.25) is 14.4 Å². The van der Waals surface area contributed by atoms with Crippen molar-refractivity contribution in [3.63, 3.8) is 0 Å². The van der Waals surface area contributed by atoms with Gasteiger partial charge in [0.25, 0.3) is 0 Å². The molecule has 0 bridgehead atoms. The number of ketones is 2. The second-order valence-electron chi connectivity index (χ2n) is 10.2. The van der Waals surface area contributed by atoms with Crippen molar-refractivity contribution < 1.29 is 14.4 Å². The number of Topliss-reactive ketones (excluding diaryl/α,β-unsaturated/α-hetero) is 2. The molecule has 6 heteroatoms. The van der Waals surface area contributed by atoms with Crippen molar-refractivity contribution in [2.75, 3.05) is 10.2 Å². The first-order valence-electron chi connectivity index (χ1n) is 12.6. The number of carbonyl (C=O) groups is 3. The summed E-state index contributed by atoms with van der Waals surface area (Å²) in [6.07, 6.45) is 4.03. The van der Waals surface area contributed by atoms with E-state index in [9.17, 15) is 14.4 Å². The number of hydrogen-bond acceptors (Lipinski definition) is 4. The SMILES string of the molecule is CC(=O)[C@@H]1[C@H](C(=O)c2ccccc2Cl)[C@]2(C(=O)Nc3ccccc32)[C@@H]2C=Cc3c(ccc4ccccc34)N12. The smallest absolute Gasteiger partial charge is 0.238 e. The van der Waals surface area contributed by atoms with Crippen LogP contribution in [0, 0.1) is 5.92 Å². The Labute approximate surface area is 224 Å². The Morgan fingerprint density at radius 2 is 1.66 bits per heavy atom. The second kappa shape index (κ2) is 8.14. The highest BCUT2D eigenvalue weighted by Gasteiger charge is 2.70. The van der Waals surface area contributed by atoms with Crippen molar-refractivity contribution in [2.24, 2.45) is 5.92 Å². The van der Waals surface area contributed by atoms with E-state index in [1.807, 2.05) is 71.6 Å². The third-order valence-corrected chi connectivity index (χ3v) is 8.71. The molecule has 3 heterocycles. The van der Waals surface area contributed by atoms with Crippen molar-refractivity contribution in [2.45, 2.75) is 24.4 Å². The summed E-state index contributed by atoms with van der Waals surface area (Å²) in [5.74, 6) is -1.76. The number of halogens is 1. The van der Waals surface area contributed by atoms with Crippen molar-refractivity contribution in [1.29, 1.82) is 0 Å². The maximum atomic E-state index is 14.5. The highest BCUT2D eigenvalue weighted by Crippen LogP contribution is 2.58. The third kappa shape index (κ3) is 2.85. The van der Waals surface area contributed by atoms with Gasteiger partial charge >= 0.3 is 0 Å². The van der Waals surface area contributed by atoms with E-state index >= 15 is 0 Å². The van der Waals surface area contributed by atoms with Crippen LogP contribution < -0.4 is 10.2 Å². The summed E-state index contributed by atoms with van der Waals surface area (Å²) in [4.78, 5) is 44.3. The first-order valence-corrected chi connectivity index (χ1v) is 13.0. The lowest BCUT2D eigenvalue weighted by atomic mass is 9.64. The minimum atomic E-state index is -1.32. The van der Waals surface area contributed by atoms with Crippen molar-refractivity contribution >= 4 is 57.3 Å². The first-order chi connectivity index (χ1) is 18.4. The molecule has 0 unspecified atom stereocenters. The fourth-order valence-electron chi connectivity index (χ4n) is 6.91. The molecule has 1 saturated heterocycles. The Bertz CT molecular complexity index is 1730. The van der Waals surface area contributed by atoms with Crippen LogP contribution in [0.15, 0.2) is 91.0 Å². The first kappa shape index (κ1) is 22.9. The van der Waals surface area contributed by atoms with Crippen LogP contribution in [-0.4, -0.2) is 29.6 Å². The highest BCUT2D eigenvalue weighted by atomic mass is 35.5. The fourth-order valence-corrected chi connectivity index (χ4v) is 7.14. The van der Waals surface area contributed by atoms with Crippen LogP contribution in [-0.2, 0) is 15.0 Å². The molecule has 0 saturated carbocycles. The number of benzene rings is 4. The van der Waals surface area contributed by atoms with E-state index in [1.54, 1.807) is 24.3 Å². The maximum absolute atomic E-state index is 14.5. The molecule has 0 radical (unpaired) electrons. The molecule has 1 spiro atoms. The van der Waals surface area contributed by atoms with Gasteiger partial charge in [-0.2, -0.15) is 0 Å². The molecule has 1 fully saturated rings. The quantitative estimate of drug-likeness (QED) is 0.335. The van der Waals surface area contributed by atoms with Gasteiger partial charge in [0.2, 0.25) is 5.91 Å². The standard InChI is InChI=1S/C32H23ClN2O3/c1-18(36)29-28(30(37)22-10-4-6-12-24(22)33)32(23-11-5-7-13-25(23)34-31(32)38)27-17-15-21-20-9-3-2-8-19(20)14-16-26(21)35(27)29/h2-17,27-29H,1H3,(H,34,38)/t27-,28+,29+,32+/m0/s1. The topological polar surface area (TPSA) is 66.5 Å². The Balaban J connectivity index is 1.55. The number of hydrogen-bond donors (Lipinski definition) is 1. The van der Waals surface area contributed by atoms with Gasteiger partial charge in [0, 0.05) is 22.5 Å². The van der Waals surface area contributed by atoms with Crippen LogP contribution in [0.5, 0.6) is 0 Å². The van der Waals surface area contributed by atoms with Gasteiger partial charge in [0.05, 0.1) is 23.0 Å². The Kier molecular flexibility index (Phi) is 4.91. The van der Waals surface area contributed by atoms with Gasteiger partial charge in [-0.05, 0) is 47.5 Å². The van der Waals surface area contributed by atoms with Gasteiger partial charge in [0.1, 0.15) is 5.41 Å². The molecule has 3 aliphatic heterocycles. The lowest BCUT2D eigenvalue weighted by Crippen LogP contribution is -2.51. The number of para-hydroxylation sites is 1. The summed E-state index contributed by atoms with van der Waals surface area (Å²) < 4.78 is 0. The Morgan fingerprint density at radius 1 is 0.921 bits per heavy atom. The Hall–Kier alpha value is -4.22. The van der Waals surface area contributed by atoms with Crippen molar-refractivity contribution in [3.8, 4) is 0 Å². The average Bonchev–Trinajstić information content (AvgIpc) is 3.41. The van der Waals surface area contributed by atoms with E-state index in [-0.39, 0.29) is 17.5 Å². The molecule has 4 atom stereocenters. The number of nitrogens with zero attached hydrogens (tertiary/aromatic N) is 1. The minimum absolute atomic E-state index is 0.177. The number of carbonyl (C=O) groups excluding carboxylic acids is 3. The molecule has 0 aliphatic carbocycles. The Morgan fingerprint density at radius 3 is 2.47 bits per heavy atom. The predicted octanol–water partition coefficient (Wildman–Crippen LogP) is 6.06. The zero-order chi connectivity index (χ0) is 26.2. The van der Waals surface area contributed by atoms with Crippen LogP contribution in [0.4, 0.5) is 11.4 Å². The molecule has 186 valence electrons. The normalized spacial score (nSPS) is 24.7. The largest absolute Gasteiger partial charge is 0.352 e. The summed E-state index contributed by atoms with van der Waals surface area (Å²) in [6, 6.07) is 25.0. The predicted molar refractivity (Wildman–Crippen MR) is 150 cm³/mol. The molecule has 1 amide bonds. The molecular formula is C32H23ClN2O3. The van der Waals surface area contributed by atoms with E-state index in [4.69, 9.17) is 11.6 Å². The summed E-state index contributed by atoms with van der Waals surface area (Å²) in [6.45, 7) is 1.51. The van der Waals surface area contributed by atoms with Crippen LogP contribution >= 0.6 is 11.6 Å². The average molecular weight is 519 g/mol. The van der Waals surface area contributed by atoms with E-state index in [1.165, 1.54) is 6.92 Å². The zero-order valence-electron chi connectivity index (χ0n) is 20.5. The van der Waals surface area contributed by atoms with Crippen molar-refractivity contribution in [1.82, 2.24) is 0 Å². The number of nitrogens with one attached hydrogen (secondary N) is 1. The van der Waals surface area contributed by atoms with Gasteiger partial charge in [-0.15, -0.1) is 0 Å². The number of amides is 1. The molecule has 3 aliphatic rings. The summed E-state index contributed by atoms with van der Waals surface area (Å²) in [5.41, 5.74) is 2.19. The molecule has 4 aromatic carbocycles. The zero-order valence-corrected chi connectivity index (χ0v) is 21.3. The van der Waals surface area contributed by atoms with Gasteiger partial charge < -0.3 is 10.2 Å². The molecule has 4 aromatic rings. The second-order valence-corrected chi connectivity index (χ2v) is 10.6. The number of fused-ring (bicyclic) bond motifs is 8. The number of anilines is 2. The minimum Gasteiger partial charge on any atom is -0.352 e. The van der Waals surface area contributed by atoms with Gasteiger partial charge in [-0.25, -0.2) is 0 Å². The summed E-state index contributed by atoms with van der Waals surface area (Å²) >= 11 is 6.52. The van der Waals surface area contributed by atoms with E-state index in [0.717, 1.165) is 27.6 Å². The highest BCUT2D eigenvalue weighted by molar-refractivity contribution is 6.34. The van der Waals surface area contributed by atoms with Gasteiger partial charge in [0.15, 0.2) is 11.6 Å². The molecule has 0 aromatic heterocycles. The van der Waals surface area contributed by atoms with Crippen LogP contribution in [0.25, 0.3) is 16.8 Å². The van der Waals surface area contributed by atoms with Crippen molar-refractivity contribution in [3.05, 3.63) is 113 Å². The molecular weight excluding hydrogens is 496 g/mol. The molecule has 5 nitrogen and oxygen atoms in total. The lowest BCUT2D eigenvalue weighted by Gasteiger charge is -2.38. The van der Waals surface area contributed by atoms with Crippen LogP contribution in [0.1, 0.15) is 28.4 Å². The van der Waals surface area contributed by atoms with E-state index < -0.39 is 23.4 Å². The summed E-state index contributed by atoms with van der Waals surface area (Å²) in [5, 5.41) is 5.46. The molecule has 38 heavy (non-hydrogen) atoms. The fraction of sp³-hybridized carbons (Fsp3) is 0.156. The van der Waals surface area contributed by atoms with E-state index in [2.05, 4.69) is 11.4 Å². The third-order valence-electron chi connectivity index (χ3n) is 8.38. The number of rotatable bonds is 3. The maximum Gasteiger partial charge on any atom is 0.238 e. The monoisotopic (exact) mass is 518 g/mol. The molecule has 1 N–H and O–H groups in total.